The fourth-order valence-electron chi connectivity index (χ4n) is 0.981. The summed E-state index contributed by atoms with van der Waals surface area (Å²) in [7, 11) is 0. The first-order valence-electron chi connectivity index (χ1n) is 3.23. The van der Waals surface area contributed by atoms with Gasteiger partial charge in [0.05, 0.1) is 16.5 Å². The summed E-state index contributed by atoms with van der Waals surface area (Å²) in [5, 5.41) is 0. The smallest absolute Gasteiger partial charge is 0.181 e. The molecule has 2 heterocycles. The Labute approximate surface area is 76.3 Å². The van der Waals surface area contributed by atoms with Crippen LogP contribution in [-0.2, 0) is 0 Å². The Morgan fingerprint density at radius 1 is 1.42 bits per heavy atom. The molecule has 12 heavy (non-hydrogen) atoms. The first-order valence-corrected chi connectivity index (χ1v) is 4.03. The summed E-state index contributed by atoms with van der Waals surface area (Å²) in [5.74, 6) is 0.354. The van der Waals surface area contributed by atoms with E-state index in [1.54, 1.807) is 0 Å². The molecule has 0 aliphatic rings. The van der Waals surface area contributed by atoms with Crippen LogP contribution in [0.5, 0.6) is 0 Å². The number of nitrogens with zero attached hydrogens (tertiary/aromatic N) is 2. The molecule has 0 saturated carbocycles. The van der Waals surface area contributed by atoms with Gasteiger partial charge in [-0.3, -0.25) is 0 Å². The number of aromatic amines is 1. The molecule has 0 saturated heterocycles. The van der Waals surface area contributed by atoms with Crippen LogP contribution in [0, 0.1) is 0 Å². The lowest BCUT2D eigenvalue weighted by Crippen LogP contribution is -1.97. The number of anilines is 2. The van der Waals surface area contributed by atoms with Gasteiger partial charge in [0.25, 0.3) is 0 Å². The minimum absolute atomic E-state index is 0.354. The standard InChI is InChI=1S/C6H6BrN5/c7-2-3(8)4-6(11-1-10-4)12-5(2)9/h1H,(H5,8,9,10,11,12). The maximum atomic E-state index is 5.73. The molecule has 0 unspecified atom stereocenters. The van der Waals surface area contributed by atoms with E-state index in [1.807, 2.05) is 0 Å². The van der Waals surface area contributed by atoms with Gasteiger partial charge in [-0.15, -0.1) is 0 Å². The number of imidazole rings is 1. The van der Waals surface area contributed by atoms with Gasteiger partial charge in [-0.1, -0.05) is 0 Å². The minimum atomic E-state index is 0.354. The number of nitrogen functional groups attached to an aromatic ring is 2. The van der Waals surface area contributed by atoms with Crippen LogP contribution < -0.4 is 11.5 Å². The van der Waals surface area contributed by atoms with Crippen LogP contribution in [0.15, 0.2) is 10.8 Å². The molecule has 0 radical (unpaired) electrons. The van der Waals surface area contributed by atoms with Crippen molar-refractivity contribution in [3.05, 3.63) is 10.8 Å². The highest BCUT2D eigenvalue weighted by Gasteiger charge is 2.09. The minimum Gasteiger partial charge on any atom is -0.396 e. The molecular formula is C6H6BrN5. The molecule has 5 nitrogen and oxygen atoms in total. The third-order valence-electron chi connectivity index (χ3n) is 1.58. The van der Waals surface area contributed by atoms with Gasteiger partial charge in [0, 0.05) is 0 Å². The van der Waals surface area contributed by atoms with E-state index < -0.39 is 0 Å². The molecule has 0 atom stereocenters. The van der Waals surface area contributed by atoms with Crippen LogP contribution in [0.1, 0.15) is 0 Å². The van der Waals surface area contributed by atoms with Crippen LogP contribution in [0.25, 0.3) is 11.2 Å². The highest BCUT2D eigenvalue weighted by molar-refractivity contribution is 9.10. The molecular weight excluding hydrogens is 222 g/mol. The Morgan fingerprint density at radius 3 is 2.92 bits per heavy atom. The summed E-state index contributed by atoms with van der Waals surface area (Å²) in [6, 6.07) is 0. The van der Waals surface area contributed by atoms with E-state index in [-0.39, 0.29) is 0 Å². The average Bonchev–Trinajstić information content (AvgIpc) is 2.48. The molecule has 62 valence electrons. The topological polar surface area (TPSA) is 93.6 Å². The zero-order valence-electron chi connectivity index (χ0n) is 6.00. The van der Waals surface area contributed by atoms with Gasteiger partial charge < -0.3 is 16.5 Å². The van der Waals surface area contributed by atoms with Gasteiger partial charge in [0.15, 0.2) is 5.65 Å². The van der Waals surface area contributed by atoms with E-state index in [9.17, 15) is 0 Å². The summed E-state index contributed by atoms with van der Waals surface area (Å²) in [6.07, 6.45) is 1.53. The van der Waals surface area contributed by atoms with Gasteiger partial charge >= 0.3 is 0 Å². The van der Waals surface area contributed by atoms with E-state index in [0.29, 0.717) is 27.1 Å². The van der Waals surface area contributed by atoms with Crippen molar-refractivity contribution in [1.82, 2.24) is 15.0 Å². The quantitative estimate of drug-likeness (QED) is 0.623. The highest BCUT2D eigenvalue weighted by Crippen LogP contribution is 2.29. The number of H-pyrrole nitrogens is 1. The number of hydrogen-bond acceptors (Lipinski definition) is 4. The Bertz CT molecular complexity index is 435. The number of fused-ring (bicyclic) bond motifs is 1. The lowest BCUT2D eigenvalue weighted by molar-refractivity contribution is 1.30. The second-order valence-electron chi connectivity index (χ2n) is 2.33. The van der Waals surface area contributed by atoms with Crippen LogP contribution in [0.2, 0.25) is 0 Å². The maximum absolute atomic E-state index is 5.73. The van der Waals surface area contributed by atoms with E-state index in [0.717, 1.165) is 0 Å². The lowest BCUT2D eigenvalue weighted by Gasteiger charge is -2.01. The van der Waals surface area contributed by atoms with Crippen LogP contribution in [-0.4, -0.2) is 15.0 Å². The van der Waals surface area contributed by atoms with Gasteiger partial charge in [-0.25, -0.2) is 9.97 Å². The van der Waals surface area contributed by atoms with Gasteiger partial charge in [0.1, 0.15) is 11.3 Å². The molecule has 0 fully saturated rings. The normalized spacial score (nSPS) is 10.8. The van der Waals surface area contributed by atoms with Gasteiger partial charge in [-0.05, 0) is 15.9 Å². The molecule has 0 spiro atoms. The predicted molar refractivity (Wildman–Crippen MR) is 50.4 cm³/mol. The monoisotopic (exact) mass is 227 g/mol. The van der Waals surface area contributed by atoms with Crippen LogP contribution in [0.3, 0.4) is 0 Å². The molecule has 0 bridgehead atoms. The van der Waals surface area contributed by atoms with Crippen molar-refractivity contribution >= 4 is 38.6 Å². The summed E-state index contributed by atoms with van der Waals surface area (Å²) in [4.78, 5) is 10.8. The summed E-state index contributed by atoms with van der Waals surface area (Å²) < 4.78 is 0.610. The highest BCUT2D eigenvalue weighted by atomic mass is 79.9. The van der Waals surface area contributed by atoms with E-state index in [1.165, 1.54) is 6.33 Å². The summed E-state index contributed by atoms with van der Waals surface area (Å²) in [5.41, 5.74) is 13.1. The SMILES string of the molecule is Nc1nc2nc[nH]c2c(N)c1Br. The molecule has 2 aromatic rings. The van der Waals surface area contributed by atoms with Crippen LogP contribution in [0.4, 0.5) is 11.5 Å². The summed E-state index contributed by atoms with van der Waals surface area (Å²) >= 11 is 3.22. The Hall–Kier alpha value is -1.30. The zero-order chi connectivity index (χ0) is 8.72. The average molecular weight is 228 g/mol. The third-order valence-corrected chi connectivity index (χ3v) is 2.41. The van der Waals surface area contributed by atoms with Crippen molar-refractivity contribution < 1.29 is 0 Å². The first kappa shape index (κ1) is 7.35. The molecule has 2 rings (SSSR count). The second-order valence-corrected chi connectivity index (χ2v) is 3.12. The number of aromatic nitrogens is 3. The fraction of sp³-hybridized carbons (Fsp3) is 0. The van der Waals surface area contributed by atoms with Crippen molar-refractivity contribution in [3.8, 4) is 0 Å². The van der Waals surface area contributed by atoms with Gasteiger partial charge in [-0.2, -0.15) is 0 Å². The van der Waals surface area contributed by atoms with Crippen molar-refractivity contribution in [2.75, 3.05) is 11.5 Å². The maximum Gasteiger partial charge on any atom is 0.181 e. The lowest BCUT2D eigenvalue weighted by atomic mass is 10.3. The number of rotatable bonds is 0. The number of hydrogen-bond donors (Lipinski definition) is 3. The Kier molecular flexibility index (Phi) is 1.44. The second kappa shape index (κ2) is 2.34. The molecule has 0 aromatic carbocycles. The molecule has 6 heteroatoms. The van der Waals surface area contributed by atoms with Crippen molar-refractivity contribution in [2.24, 2.45) is 0 Å². The number of nitrogens with two attached hydrogens (primary N) is 2. The number of halogens is 1. The Morgan fingerprint density at radius 2 is 2.17 bits per heavy atom. The van der Waals surface area contributed by atoms with Gasteiger partial charge in [0.2, 0.25) is 0 Å². The number of nitrogens with one attached hydrogen (secondary N) is 1. The first-order chi connectivity index (χ1) is 5.70. The molecule has 0 amide bonds. The molecule has 5 N–H and O–H groups in total. The fourth-order valence-corrected chi connectivity index (χ4v) is 1.27. The zero-order valence-corrected chi connectivity index (χ0v) is 7.59. The van der Waals surface area contributed by atoms with Crippen molar-refractivity contribution in [1.29, 1.82) is 0 Å². The van der Waals surface area contributed by atoms with E-state index >= 15 is 0 Å². The van der Waals surface area contributed by atoms with Crippen LogP contribution >= 0.6 is 15.9 Å². The predicted octanol–water partition coefficient (Wildman–Crippen LogP) is 0.885. The van der Waals surface area contributed by atoms with Crippen molar-refractivity contribution in [2.45, 2.75) is 0 Å². The Balaban J connectivity index is 2.94. The van der Waals surface area contributed by atoms with E-state index in [2.05, 4.69) is 30.9 Å². The third kappa shape index (κ3) is 0.845. The molecule has 2 aromatic heterocycles. The molecule has 0 aliphatic heterocycles. The molecule has 0 aliphatic carbocycles. The van der Waals surface area contributed by atoms with Crippen molar-refractivity contribution in [3.63, 3.8) is 0 Å². The van der Waals surface area contributed by atoms with E-state index in [4.69, 9.17) is 11.5 Å². The summed E-state index contributed by atoms with van der Waals surface area (Å²) in [6.45, 7) is 0. The number of pyridine rings is 1. The largest absolute Gasteiger partial charge is 0.396 e.